The Kier molecular flexibility index (Phi) is 14.7. The molecule has 0 aliphatic rings. The zero-order chi connectivity index (χ0) is 29.6. The lowest BCUT2D eigenvalue weighted by Gasteiger charge is -2.35. The Labute approximate surface area is 236 Å². The Morgan fingerprint density at radius 2 is 1.59 bits per heavy atom. The first-order valence-corrected chi connectivity index (χ1v) is 14.5. The monoisotopic (exact) mass is 541 g/mol. The fourth-order valence-electron chi connectivity index (χ4n) is 4.45. The summed E-state index contributed by atoms with van der Waals surface area (Å²) in [5, 5.41) is 5.78. The average molecular weight is 542 g/mol. The third kappa shape index (κ3) is 12.6. The van der Waals surface area contributed by atoms with E-state index in [-0.39, 0.29) is 23.8 Å². The first-order valence-electron chi connectivity index (χ1n) is 14.5. The van der Waals surface area contributed by atoms with Gasteiger partial charge < -0.3 is 20.3 Å². The van der Waals surface area contributed by atoms with Gasteiger partial charge in [-0.15, -0.1) is 6.42 Å². The van der Waals surface area contributed by atoms with Crippen LogP contribution in [0.2, 0.25) is 0 Å². The number of carbonyl (C=O) groups excluding carboxylic acids is 3. The maximum atomic E-state index is 14.3. The highest BCUT2D eigenvalue weighted by Crippen LogP contribution is 2.27. The van der Waals surface area contributed by atoms with E-state index in [9.17, 15) is 14.4 Å². The van der Waals surface area contributed by atoms with Crippen LogP contribution in [0.5, 0.6) is 0 Å². The molecule has 0 radical (unpaired) electrons. The van der Waals surface area contributed by atoms with Crippen LogP contribution < -0.4 is 10.6 Å². The zero-order valence-corrected chi connectivity index (χ0v) is 25.4. The van der Waals surface area contributed by atoms with Crippen molar-refractivity contribution in [1.29, 1.82) is 0 Å². The molecule has 3 amide bonds. The van der Waals surface area contributed by atoms with Crippen LogP contribution in [0, 0.1) is 18.3 Å². The van der Waals surface area contributed by atoms with Crippen molar-refractivity contribution in [2.75, 3.05) is 6.54 Å². The van der Waals surface area contributed by atoms with Gasteiger partial charge >= 0.3 is 6.09 Å². The predicted octanol–water partition coefficient (Wildman–Crippen LogP) is 6.36. The van der Waals surface area contributed by atoms with E-state index in [0.29, 0.717) is 24.1 Å². The van der Waals surface area contributed by atoms with Crippen molar-refractivity contribution < 1.29 is 19.1 Å². The summed E-state index contributed by atoms with van der Waals surface area (Å²) >= 11 is 0. The summed E-state index contributed by atoms with van der Waals surface area (Å²) in [5.41, 5.74) is 0.444. The first kappa shape index (κ1) is 34.0. The number of ether oxygens (including phenoxy) is 1. The largest absolute Gasteiger partial charge is 0.444 e. The van der Waals surface area contributed by atoms with Crippen molar-refractivity contribution >= 4 is 17.9 Å². The van der Waals surface area contributed by atoms with Crippen molar-refractivity contribution in [3.8, 4) is 12.3 Å². The molecule has 0 fully saturated rings. The molecule has 0 aliphatic carbocycles. The summed E-state index contributed by atoms with van der Waals surface area (Å²) < 4.78 is 5.47. The van der Waals surface area contributed by atoms with Crippen LogP contribution in [0.25, 0.3) is 0 Å². The lowest BCUT2D eigenvalue weighted by atomic mass is 9.95. The smallest absolute Gasteiger partial charge is 0.408 e. The number of unbranched alkanes of at least 4 members (excludes halogenated alkanes) is 5. The van der Waals surface area contributed by atoms with Gasteiger partial charge in [-0.3, -0.25) is 9.59 Å². The molecule has 0 aliphatic heterocycles. The average Bonchev–Trinajstić information content (AvgIpc) is 2.82. The van der Waals surface area contributed by atoms with Crippen LogP contribution in [0.3, 0.4) is 0 Å². The number of rotatable bonds is 15. The van der Waals surface area contributed by atoms with Gasteiger partial charge in [0.1, 0.15) is 17.7 Å². The summed E-state index contributed by atoms with van der Waals surface area (Å²) in [6, 6.07) is 5.31. The third-order valence-corrected chi connectivity index (χ3v) is 6.13. The number of alkyl carbamates (subject to hydrolysis) is 1. The Bertz CT molecular complexity index is 959. The maximum absolute atomic E-state index is 14.3. The number of benzene rings is 1. The van der Waals surface area contributed by atoms with Gasteiger partial charge in [0.25, 0.3) is 0 Å². The molecule has 1 rings (SSSR count). The highest BCUT2D eigenvalue weighted by Gasteiger charge is 2.37. The Morgan fingerprint density at radius 3 is 2.15 bits per heavy atom. The highest BCUT2D eigenvalue weighted by atomic mass is 16.6. The fourth-order valence-corrected chi connectivity index (χ4v) is 4.45. The molecule has 0 saturated carbocycles. The summed E-state index contributed by atoms with van der Waals surface area (Å²) in [4.78, 5) is 42.3. The number of carbonyl (C=O) groups is 3. The maximum Gasteiger partial charge on any atom is 0.408 e. The van der Waals surface area contributed by atoms with Crippen molar-refractivity contribution in [2.24, 2.45) is 5.92 Å². The van der Waals surface area contributed by atoms with Crippen molar-refractivity contribution in [2.45, 2.75) is 124 Å². The molecule has 1 aromatic carbocycles. The molecule has 7 nitrogen and oxygen atoms in total. The SMILES string of the molecule is C#Cc1ccccc1C(C(=O)NC(C)C)N(CCCCCCCC)C(=O)C(CC(C)C)NC(=O)OC(C)(C)C. The first-order chi connectivity index (χ1) is 18.3. The summed E-state index contributed by atoms with van der Waals surface area (Å²) in [5.74, 6) is 2.18. The van der Waals surface area contributed by atoms with Crippen molar-refractivity contribution in [3.63, 3.8) is 0 Å². The van der Waals surface area contributed by atoms with Crippen LogP contribution in [0.1, 0.15) is 118 Å². The van der Waals surface area contributed by atoms with Gasteiger partial charge in [0, 0.05) is 18.2 Å². The van der Waals surface area contributed by atoms with Crippen LogP contribution in [-0.4, -0.2) is 47.0 Å². The molecule has 39 heavy (non-hydrogen) atoms. The van der Waals surface area contributed by atoms with E-state index in [1.807, 2.05) is 39.8 Å². The van der Waals surface area contributed by atoms with Crippen LogP contribution >= 0.6 is 0 Å². The fraction of sp³-hybridized carbons (Fsp3) is 0.656. The third-order valence-electron chi connectivity index (χ3n) is 6.13. The van der Waals surface area contributed by atoms with Crippen molar-refractivity contribution in [3.05, 3.63) is 35.4 Å². The molecule has 0 aromatic heterocycles. The number of nitrogens with zero attached hydrogens (tertiary/aromatic N) is 1. The lowest BCUT2D eigenvalue weighted by Crippen LogP contribution is -2.54. The van der Waals surface area contributed by atoms with E-state index < -0.39 is 23.8 Å². The molecule has 0 saturated heterocycles. The Morgan fingerprint density at radius 1 is 0.974 bits per heavy atom. The van der Waals surface area contributed by atoms with E-state index in [1.165, 1.54) is 6.42 Å². The van der Waals surface area contributed by atoms with Gasteiger partial charge in [-0.1, -0.05) is 77.0 Å². The topological polar surface area (TPSA) is 87.7 Å². The van der Waals surface area contributed by atoms with Gasteiger partial charge in [0.15, 0.2) is 0 Å². The van der Waals surface area contributed by atoms with Crippen molar-refractivity contribution in [1.82, 2.24) is 15.5 Å². The number of amides is 3. The van der Waals surface area contributed by atoms with Gasteiger partial charge in [-0.05, 0) is 65.0 Å². The number of nitrogens with one attached hydrogen (secondary N) is 2. The van der Waals surface area contributed by atoms with Gasteiger partial charge in [0.05, 0.1) is 0 Å². The van der Waals surface area contributed by atoms with Crippen LogP contribution in [0.15, 0.2) is 24.3 Å². The van der Waals surface area contributed by atoms with Gasteiger partial charge in [-0.2, -0.15) is 0 Å². The second-order valence-corrected chi connectivity index (χ2v) is 11.9. The second kappa shape index (κ2) is 16.8. The minimum atomic E-state index is -0.933. The number of hydrogen-bond acceptors (Lipinski definition) is 4. The Hall–Kier alpha value is -3.01. The minimum Gasteiger partial charge on any atom is -0.444 e. The molecule has 0 heterocycles. The number of terminal acetylenes is 1. The molecular weight excluding hydrogens is 490 g/mol. The Balaban J connectivity index is 3.51. The number of hydrogen-bond donors (Lipinski definition) is 2. The molecular formula is C32H51N3O4. The predicted molar refractivity (Wildman–Crippen MR) is 158 cm³/mol. The summed E-state index contributed by atoms with van der Waals surface area (Å²) in [7, 11) is 0. The van der Waals surface area contributed by atoms with E-state index in [0.717, 1.165) is 32.1 Å². The quantitative estimate of drug-likeness (QED) is 0.200. The molecule has 0 spiro atoms. The molecule has 0 bridgehead atoms. The van der Waals surface area contributed by atoms with Crippen LogP contribution in [-0.2, 0) is 14.3 Å². The van der Waals surface area contributed by atoms with E-state index in [1.54, 1.807) is 37.8 Å². The molecule has 2 N–H and O–H groups in total. The van der Waals surface area contributed by atoms with E-state index >= 15 is 0 Å². The van der Waals surface area contributed by atoms with Gasteiger partial charge in [0.2, 0.25) is 11.8 Å². The zero-order valence-electron chi connectivity index (χ0n) is 25.4. The van der Waals surface area contributed by atoms with E-state index in [2.05, 4.69) is 23.5 Å². The molecule has 1 aromatic rings. The highest BCUT2D eigenvalue weighted by molar-refractivity contribution is 5.92. The normalized spacial score (nSPS) is 12.9. The molecule has 7 heteroatoms. The van der Waals surface area contributed by atoms with E-state index in [4.69, 9.17) is 11.2 Å². The summed E-state index contributed by atoms with van der Waals surface area (Å²) in [6.45, 7) is 15.6. The minimum absolute atomic E-state index is 0.116. The van der Waals surface area contributed by atoms with Gasteiger partial charge in [-0.25, -0.2) is 4.79 Å². The second-order valence-electron chi connectivity index (χ2n) is 11.9. The molecule has 2 atom stereocenters. The summed E-state index contributed by atoms with van der Waals surface area (Å²) in [6.07, 6.45) is 11.8. The molecule has 218 valence electrons. The van der Waals surface area contributed by atoms with Crippen LogP contribution in [0.4, 0.5) is 4.79 Å². The lowest BCUT2D eigenvalue weighted by molar-refractivity contribution is -0.143. The standard InChI is InChI=1S/C32H51N3O4/c1-10-12-13-14-15-18-21-35(30(37)27(22-23(3)4)34-31(38)39-32(7,8)9)28(29(36)33-24(5)6)26-20-17-16-19-25(26)11-2/h2,16-17,19-20,23-24,27-28H,10,12-15,18,21-22H2,1,3-9H3,(H,33,36)(H,34,38). The molecule has 2 unspecified atom stereocenters.